The van der Waals surface area contributed by atoms with E-state index in [0.29, 0.717) is 0 Å². The van der Waals surface area contributed by atoms with Crippen LogP contribution in [0.25, 0.3) is 0 Å². The highest BCUT2D eigenvalue weighted by Crippen LogP contribution is 1.95. The van der Waals surface area contributed by atoms with Gasteiger partial charge in [0.05, 0.1) is 19.8 Å². The van der Waals surface area contributed by atoms with Crippen molar-refractivity contribution < 1.29 is 9.57 Å². The van der Waals surface area contributed by atoms with Crippen molar-refractivity contribution in [3.8, 4) is 0 Å². The summed E-state index contributed by atoms with van der Waals surface area (Å²) in [6.07, 6.45) is 0. The van der Waals surface area contributed by atoms with E-state index in [-0.39, 0.29) is 0 Å². The largest absolute Gasteiger partial charge is 0.379 e. The third-order valence-corrected chi connectivity index (χ3v) is 1.28. The van der Waals surface area contributed by atoms with Gasteiger partial charge in [-0.15, -0.1) is 0 Å². The van der Waals surface area contributed by atoms with E-state index in [9.17, 15) is 0 Å². The van der Waals surface area contributed by atoms with Gasteiger partial charge in [0.25, 0.3) is 0 Å². The third-order valence-electron chi connectivity index (χ3n) is 1.28. The van der Waals surface area contributed by atoms with Crippen LogP contribution in [0.5, 0.6) is 0 Å². The molecule has 1 fully saturated rings. The number of rotatable bonds is 2. The first-order valence-electron chi connectivity index (χ1n) is 3.39. The van der Waals surface area contributed by atoms with E-state index in [1.807, 2.05) is 12.0 Å². The summed E-state index contributed by atoms with van der Waals surface area (Å²) in [5, 5.41) is 1.95. The molecule has 0 saturated carbocycles. The maximum absolute atomic E-state index is 5.24. The Balaban J connectivity index is 2.08. The molecule has 0 N–H and O–H groups in total. The lowest BCUT2D eigenvalue weighted by Crippen LogP contribution is -2.36. The highest BCUT2D eigenvalue weighted by Gasteiger charge is 2.08. The van der Waals surface area contributed by atoms with Crippen molar-refractivity contribution in [2.75, 3.05) is 32.9 Å². The number of hydroxylamine groups is 2. The van der Waals surface area contributed by atoms with Crippen LogP contribution in [0.2, 0.25) is 0 Å². The molecular formula is C6H13NO2. The summed E-state index contributed by atoms with van der Waals surface area (Å²) in [5.74, 6) is 0. The van der Waals surface area contributed by atoms with Gasteiger partial charge in [-0.2, -0.15) is 5.06 Å². The summed E-state index contributed by atoms with van der Waals surface area (Å²) in [7, 11) is 0. The normalized spacial score (nSPS) is 22.3. The average molecular weight is 131 g/mol. The third kappa shape index (κ3) is 2.30. The minimum absolute atomic E-state index is 0.764. The fourth-order valence-electron chi connectivity index (χ4n) is 0.858. The van der Waals surface area contributed by atoms with Crippen LogP contribution >= 0.6 is 0 Å². The molecule has 0 aliphatic carbocycles. The van der Waals surface area contributed by atoms with E-state index in [2.05, 4.69) is 0 Å². The predicted octanol–water partition coefficient (Wildman–Crippen LogP) is 0.270. The summed E-state index contributed by atoms with van der Waals surface area (Å²) in [6.45, 7) is 6.19. The van der Waals surface area contributed by atoms with Crippen molar-refractivity contribution in [1.82, 2.24) is 5.06 Å². The first-order chi connectivity index (χ1) is 4.43. The topological polar surface area (TPSA) is 21.7 Å². The molecule has 3 heteroatoms. The fraction of sp³-hybridized carbons (Fsp3) is 1.00. The van der Waals surface area contributed by atoms with Crippen LogP contribution in [0.1, 0.15) is 6.92 Å². The summed E-state index contributed by atoms with van der Waals surface area (Å²) in [6, 6.07) is 0. The summed E-state index contributed by atoms with van der Waals surface area (Å²) < 4.78 is 5.12. The molecule has 1 aliphatic heterocycles. The highest BCUT2D eigenvalue weighted by molar-refractivity contribution is 4.50. The second kappa shape index (κ2) is 3.82. The van der Waals surface area contributed by atoms with Gasteiger partial charge in [0.2, 0.25) is 0 Å². The summed E-state index contributed by atoms with van der Waals surface area (Å²) in [4.78, 5) is 5.24. The number of hydrogen-bond acceptors (Lipinski definition) is 3. The van der Waals surface area contributed by atoms with Gasteiger partial charge in [-0.05, 0) is 6.92 Å². The predicted molar refractivity (Wildman–Crippen MR) is 34.0 cm³/mol. The Bertz CT molecular complexity index is 68.7. The van der Waals surface area contributed by atoms with Crippen molar-refractivity contribution in [3.05, 3.63) is 0 Å². The van der Waals surface area contributed by atoms with Crippen molar-refractivity contribution in [2.24, 2.45) is 0 Å². The van der Waals surface area contributed by atoms with Crippen LogP contribution in [0, 0.1) is 0 Å². The first-order valence-corrected chi connectivity index (χ1v) is 3.39. The van der Waals surface area contributed by atoms with Crippen LogP contribution < -0.4 is 0 Å². The van der Waals surface area contributed by atoms with Crippen LogP contribution in [-0.2, 0) is 9.57 Å². The molecule has 0 aromatic rings. The van der Waals surface area contributed by atoms with Crippen molar-refractivity contribution >= 4 is 0 Å². The molecule has 1 rings (SSSR count). The average Bonchev–Trinajstić information content (AvgIpc) is 1.91. The lowest BCUT2D eigenvalue weighted by molar-refractivity contribution is -0.190. The fourth-order valence-corrected chi connectivity index (χ4v) is 0.858. The second-order valence-corrected chi connectivity index (χ2v) is 1.96. The lowest BCUT2D eigenvalue weighted by Gasteiger charge is -2.24. The van der Waals surface area contributed by atoms with Crippen molar-refractivity contribution in [3.63, 3.8) is 0 Å². The molecule has 1 heterocycles. The van der Waals surface area contributed by atoms with Gasteiger partial charge in [-0.25, -0.2) is 0 Å². The van der Waals surface area contributed by atoms with E-state index in [1.54, 1.807) is 0 Å². The Labute approximate surface area is 55.5 Å². The molecule has 0 unspecified atom stereocenters. The minimum atomic E-state index is 0.764. The number of morpholine rings is 1. The number of hydrogen-bond donors (Lipinski definition) is 0. The van der Waals surface area contributed by atoms with Crippen LogP contribution in [0.3, 0.4) is 0 Å². The molecule has 0 atom stereocenters. The SMILES string of the molecule is CCON1CCOCC1. The van der Waals surface area contributed by atoms with Gasteiger partial charge in [0, 0.05) is 13.1 Å². The molecule has 0 bridgehead atoms. The molecule has 1 aliphatic rings. The zero-order chi connectivity index (χ0) is 6.53. The summed E-state index contributed by atoms with van der Waals surface area (Å²) in [5.41, 5.74) is 0. The van der Waals surface area contributed by atoms with Crippen LogP contribution in [-0.4, -0.2) is 38.0 Å². The molecule has 0 spiro atoms. The van der Waals surface area contributed by atoms with E-state index >= 15 is 0 Å². The number of ether oxygens (including phenoxy) is 1. The molecule has 3 nitrogen and oxygen atoms in total. The van der Waals surface area contributed by atoms with E-state index in [0.717, 1.165) is 32.9 Å². The Kier molecular flexibility index (Phi) is 2.97. The molecule has 0 aromatic heterocycles. The van der Waals surface area contributed by atoms with E-state index < -0.39 is 0 Å². The smallest absolute Gasteiger partial charge is 0.0656 e. The minimum Gasteiger partial charge on any atom is -0.379 e. The first kappa shape index (κ1) is 6.99. The van der Waals surface area contributed by atoms with E-state index in [4.69, 9.17) is 9.57 Å². The van der Waals surface area contributed by atoms with Gasteiger partial charge < -0.3 is 4.74 Å². The molecule has 0 amide bonds. The quantitative estimate of drug-likeness (QED) is 0.537. The van der Waals surface area contributed by atoms with Crippen molar-refractivity contribution in [1.29, 1.82) is 0 Å². The van der Waals surface area contributed by atoms with Crippen LogP contribution in [0.4, 0.5) is 0 Å². The molecule has 54 valence electrons. The van der Waals surface area contributed by atoms with Gasteiger partial charge in [-0.1, -0.05) is 0 Å². The number of nitrogens with zero attached hydrogens (tertiary/aromatic N) is 1. The maximum atomic E-state index is 5.24. The van der Waals surface area contributed by atoms with Crippen molar-refractivity contribution in [2.45, 2.75) is 6.92 Å². The van der Waals surface area contributed by atoms with Gasteiger partial charge in [-0.3, -0.25) is 4.84 Å². The zero-order valence-electron chi connectivity index (χ0n) is 5.80. The lowest BCUT2D eigenvalue weighted by atomic mass is 10.5. The van der Waals surface area contributed by atoms with Crippen LogP contribution in [0.15, 0.2) is 0 Å². The highest BCUT2D eigenvalue weighted by atomic mass is 16.7. The molecular weight excluding hydrogens is 118 g/mol. The molecule has 0 aromatic carbocycles. The molecule has 1 saturated heterocycles. The zero-order valence-corrected chi connectivity index (χ0v) is 5.80. The Morgan fingerprint density at radius 3 is 2.67 bits per heavy atom. The van der Waals surface area contributed by atoms with E-state index in [1.165, 1.54) is 0 Å². The molecule has 0 radical (unpaired) electrons. The van der Waals surface area contributed by atoms with Gasteiger partial charge >= 0.3 is 0 Å². The second-order valence-electron chi connectivity index (χ2n) is 1.96. The Morgan fingerprint density at radius 1 is 1.44 bits per heavy atom. The monoisotopic (exact) mass is 131 g/mol. The maximum Gasteiger partial charge on any atom is 0.0656 e. The Hall–Kier alpha value is -0.120. The standard InChI is InChI=1S/C6H13NO2/c1-2-9-7-3-5-8-6-4-7/h2-6H2,1H3. The summed E-state index contributed by atoms with van der Waals surface area (Å²) >= 11 is 0. The molecule has 9 heavy (non-hydrogen) atoms. The Morgan fingerprint density at radius 2 is 2.11 bits per heavy atom. The van der Waals surface area contributed by atoms with Gasteiger partial charge in [0.1, 0.15) is 0 Å². The van der Waals surface area contributed by atoms with Gasteiger partial charge in [0.15, 0.2) is 0 Å².